The molecule has 2 atom stereocenters. The summed E-state index contributed by atoms with van der Waals surface area (Å²) in [6.07, 6.45) is 0.977. The van der Waals surface area contributed by atoms with Crippen molar-refractivity contribution < 1.29 is 13.5 Å². The van der Waals surface area contributed by atoms with Gasteiger partial charge in [-0.25, -0.2) is 8.42 Å². The Hall–Kier alpha value is -0.870. The lowest BCUT2D eigenvalue weighted by Gasteiger charge is -2.24. The second kappa shape index (κ2) is 2.83. The van der Waals surface area contributed by atoms with E-state index in [1.54, 1.807) is 12.1 Å². The highest BCUT2D eigenvalue weighted by Gasteiger charge is 2.39. The molecule has 1 N–H and O–H groups in total. The first kappa shape index (κ1) is 9.36. The van der Waals surface area contributed by atoms with E-state index in [0.717, 1.165) is 17.5 Å². The van der Waals surface area contributed by atoms with E-state index >= 15 is 0 Å². The molecule has 0 bridgehead atoms. The molecule has 3 rings (SSSR count). The van der Waals surface area contributed by atoms with Gasteiger partial charge in [-0.3, -0.25) is 0 Å². The van der Waals surface area contributed by atoms with Crippen LogP contribution in [0.15, 0.2) is 23.1 Å². The minimum atomic E-state index is -3.08. The monoisotopic (exact) mass is 224 g/mol. The number of benzene rings is 1. The molecule has 0 saturated carbocycles. The average Bonchev–Trinajstić information content (AvgIpc) is 2.47. The quantitative estimate of drug-likeness (QED) is 0.724. The van der Waals surface area contributed by atoms with E-state index in [1.807, 2.05) is 6.07 Å². The first-order valence-corrected chi connectivity index (χ1v) is 6.78. The van der Waals surface area contributed by atoms with Crippen molar-refractivity contribution in [3.63, 3.8) is 0 Å². The third-order valence-corrected chi connectivity index (χ3v) is 5.28. The Morgan fingerprint density at radius 3 is 2.87 bits per heavy atom. The molecule has 1 aromatic rings. The van der Waals surface area contributed by atoms with Gasteiger partial charge < -0.3 is 5.11 Å². The van der Waals surface area contributed by atoms with E-state index in [-0.39, 0.29) is 11.7 Å². The Balaban J connectivity index is 2.34. The number of rotatable bonds is 0. The zero-order valence-electron chi connectivity index (χ0n) is 8.18. The predicted octanol–water partition coefficient (Wildman–Crippen LogP) is 1.38. The van der Waals surface area contributed by atoms with Crippen LogP contribution in [0.1, 0.15) is 36.0 Å². The van der Waals surface area contributed by atoms with Gasteiger partial charge in [-0.2, -0.15) is 0 Å². The van der Waals surface area contributed by atoms with Crippen LogP contribution in [0.25, 0.3) is 0 Å². The van der Waals surface area contributed by atoms with Crippen molar-refractivity contribution in [1.82, 2.24) is 0 Å². The topological polar surface area (TPSA) is 54.4 Å². The lowest BCUT2D eigenvalue weighted by molar-refractivity contribution is 0.152. The number of hydrogen-bond donors (Lipinski definition) is 1. The Bertz CT molecular complexity index is 519. The van der Waals surface area contributed by atoms with Gasteiger partial charge in [-0.05, 0) is 36.0 Å². The van der Waals surface area contributed by atoms with Crippen LogP contribution < -0.4 is 0 Å². The van der Waals surface area contributed by atoms with Gasteiger partial charge in [-0.15, -0.1) is 0 Å². The molecular formula is C11H12O3S. The molecule has 0 fully saturated rings. The fourth-order valence-electron chi connectivity index (χ4n) is 2.74. The van der Waals surface area contributed by atoms with Crippen molar-refractivity contribution in [2.24, 2.45) is 0 Å². The van der Waals surface area contributed by atoms with Gasteiger partial charge in [-0.1, -0.05) is 12.1 Å². The van der Waals surface area contributed by atoms with Crippen LogP contribution in [0.5, 0.6) is 0 Å². The highest BCUT2D eigenvalue weighted by atomic mass is 32.2. The maximum Gasteiger partial charge on any atom is 0.179 e. The highest BCUT2D eigenvalue weighted by molar-refractivity contribution is 7.91. The summed E-state index contributed by atoms with van der Waals surface area (Å²) in [6, 6.07) is 5.23. The predicted molar refractivity (Wildman–Crippen MR) is 55.4 cm³/mol. The van der Waals surface area contributed by atoms with Crippen LogP contribution in [0.4, 0.5) is 0 Å². The molecule has 0 aromatic heterocycles. The maximum absolute atomic E-state index is 11.8. The van der Waals surface area contributed by atoms with Gasteiger partial charge in [0.2, 0.25) is 0 Å². The van der Waals surface area contributed by atoms with E-state index in [1.165, 1.54) is 0 Å². The smallest absolute Gasteiger partial charge is 0.179 e. The Labute approximate surface area is 88.7 Å². The SMILES string of the molecule is O=S1(=O)CC2CCC(O)c3cccc1c32. The summed E-state index contributed by atoms with van der Waals surface area (Å²) >= 11 is 0. The van der Waals surface area contributed by atoms with E-state index in [2.05, 4.69) is 0 Å². The molecule has 15 heavy (non-hydrogen) atoms. The highest BCUT2D eigenvalue weighted by Crippen LogP contribution is 2.46. The second-order valence-corrected chi connectivity index (χ2v) is 6.33. The first-order chi connectivity index (χ1) is 7.09. The molecule has 80 valence electrons. The van der Waals surface area contributed by atoms with Crippen molar-refractivity contribution >= 4 is 9.84 Å². The summed E-state index contributed by atoms with van der Waals surface area (Å²) in [7, 11) is -3.08. The number of hydrogen-bond acceptors (Lipinski definition) is 3. The lowest BCUT2D eigenvalue weighted by atomic mass is 9.82. The molecular weight excluding hydrogens is 212 g/mol. The minimum Gasteiger partial charge on any atom is -0.388 e. The van der Waals surface area contributed by atoms with Crippen molar-refractivity contribution in [2.45, 2.75) is 29.8 Å². The molecule has 2 aliphatic rings. The first-order valence-electron chi connectivity index (χ1n) is 5.13. The lowest BCUT2D eigenvalue weighted by Crippen LogP contribution is -2.13. The molecule has 0 saturated heterocycles. The summed E-state index contributed by atoms with van der Waals surface area (Å²) in [4.78, 5) is 0.448. The molecule has 4 heteroatoms. The van der Waals surface area contributed by atoms with E-state index in [4.69, 9.17) is 0 Å². The second-order valence-electron chi connectivity index (χ2n) is 4.33. The van der Waals surface area contributed by atoms with Crippen molar-refractivity contribution in [3.8, 4) is 0 Å². The third kappa shape index (κ3) is 1.18. The number of aliphatic hydroxyl groups is 1. The molecule has 1 heterocycles. The van der Waals surface area contributed by atoms with Gasteiger partial charge in [0.25, 0.3) is 0 Å². The van der Waals surface area contributed by atoms with Crippen LogP contribution in [-0.4, -0.2) is 19.3 Å². The van der Waals surface area contributed by atoms with Gasteiger partial charge in [0.1, 0.15) is 0 Å². The fourth-order valence-corrected chi connectivity index (χ4v) is 4.69. The van der Waals surface area contributed by atoms with Gasteiger partial charge in [0.05, 0.1) is 16.8 Å². The van der Waals surface area contributed by atoms with E-state index < -0.39 is 15.9 Å². The molecule has 1 aromatic carbocycles. The molecule has 1 aliphatic heterocycles. The summed E-state index contributed by atoms with van der Waals surface area (Å²) in [6.45, 7) is 0. The van der Waals surface area contributed by atoms with Crippen LogP contribution >= 0.6 is 0 Å². The molecule has 0 spiro atoms. The summed E-state index contributed by atoms with van der Waals surface area (Å²) in [5.41, 5.74) is 1.71. The van der Waals surface area contributed by atoms with Crippen molar-refractivity contribution in [1.29, 1.82) is 0 Å². The van der Waals surface area contributed by atoms with Gasteiger partial charge >= 0.3 is 0 Å². The van der Waals surface area contributed by atoms with Crippen molar-refractivity contribution in [2.75, 3.05) is 5.75 Å². The Morgan fingerprint density at radius 1 is 1.27 bits per heavy atom. The van der Waals surface area contributed by atoms with Gasteiger partial charge in [0.15, 0.2) is 9.84 Å². The summed E-state index contributed by atoms with van der Waals surface area (Å²) in [5.74, 6) is 0.344. The fraction of sp³-hybridized carbons (Fsp3) is 0.455. The molecule has 2 unspecified atom stereocenters. The molecule has 0 radical (unpaired) electrons. The van der Waals surface area contributed by atoms with Crippen LogP contribution in [0.2, 0.25) is 0 Å². The molecule has 3 nitrogen and oxygen atoms in total. The van der Waals surface area contributed by atoms with Crippen LogP contribution in [-0.2, 0) is 9.84 Å². The van der Waals surface area contributed by atoms with Gasteiger partial charge in [0, 0.05) is 0 Å². The molecule has 0 amide bonds. The standard InChI is InChI=1S/C11H12O3S/c12-9-5-4-7-6-15(13,14)10-3-1-2-8(9)11(7)10/h1-3,7,9,12H,4-6H2. The third-order valence-electron chi connectivity index (χ3n) is 3.41. The zero-order valence-corrected chi connectivity index (χ0v) is 9.00. The largest absolute Gasteiger partial charge is 0.388 e. The Morgan fingerprint density at radius 2 is 2.07 bits per heavy atom. The van der Waals surface area contributed by atoms with Crippen LogP contribution in [0, 0.1) is 0 Å². The number of aliphatic hydroxyl groups excluding tert-OH is 1. The maximum atomic E-state index is 11.8. The normalized spacial score (nSPS) is 31.3. The minimum absolute atomic E-state index is 0.115. The van der Waals surface area contributed by atoms with E-state index in [0.29, 0.717) is 11.3 Å². The summed E-state index contributed by atoms with van der Waals surface area (Å²) in [5, 5.41) is 9.81. The summed E-state index contributed by atoms with van der Waals surface area (Å²) < 4.78 is 23.7. The van der Waals surface area contributed by atoms with Crippen molar-refractivity contribution in [3.05, 3.63) is 29.3 Å². The zero-order chi connectivity index (χ0) is 10.6. The van der Waals surface area contributed by atoms with E-state index in [9.17, 15) is 13.5 Å². The Kier molecular flexibility index (Phi) is 1.77. The average molecular weight is 224 g/mol. The molecule has 1 aliphatic carbocycles. The number of sulfone groups is 1. The van der Waals surface area contributed by atoms with Crippen LogP contribution in [0.3, 0.4) is 0 Å².